The number of methoxy groups -OCH3 is 1. The Kier molecular flexibility index (Phi) is 8.17. The van der Waals surface area contributed by atoms with E-state index in [2.05, 4.69) is 4.74 Å². The molecule has 12 heteroatoms. The molecule has 1 amide bonds. The van der Waals surface area contributed by atoms with Crippen LogP contribution in [0.4, 0.5) is 13.6 Å². The Bertz CT molecular complexity index is 1760. The van der Waals surface area contributed by atoms with Crippen LogP contribution in [0, 0.1) is 11.6 Å². The predicted molar refractivity (Wildman–Crippen MR) is 159 cm³/mol. The molecule has 9 nitrogen and oxygen atoms in total. The number of pyridine rings is 1. The first kappa shape index (κ1) is 29.5. The van der Waals surface area contributed by atoms with Crippen molar-refractivity contribution in [3.63, 3.8) is 0 Å². The largest absolute Gasteiger partial charge is 0.510 e. The molecule has 3 aliphatic rings. The number of fused-ring (bicyclic) bond motifs is 4. The van der Waals surface area contributed by atoms with Crippen molar-refractivity contribution >= 4 is 23.8 Å². The Morgan fingerprint density at radius 2 is 1.93 bits per heavy atom. The van der Waals surface area contributed by atoms with Gasteiger partial charge in [-0.25, -0.2) is 13.6 Å². The van der Waals surface area contributed by atoms with E-state index in [9.17, 15) is 18.8 Å². The number of allylic oxidation sites excluding steroid dienone is 3. The highest BCUT2D eigenvalue weighted by Crippen LogP contribution is 2.46. The number of piperidine rings is 1. The van der Waals surface area contributed by atoms with Crippen LogP contribution in [-0.2, 0) is 15.2 Å². The van der Waals surface area contributed by atoms with Crippen molar-refractivity contribution in [2.45, 2.75) is 42.6 Å². The molecule has 2 atom stereocenters. The number of aromatic nitrogens is 1. The molecule has 3 aliphatic heterocycles. The molecule has 6 rings (SSSR count). The van der Waals surface area contributed by atoms with Gasteiger partial charge in [0.25, 0.3) is 5.91 Å². The minimum atomic E-state index is -1.02. The Labute approximate surface area is 256 Å². The van der Waals surface area contributed by atoms with Gasteiger partial charge < -0.3 is 19.1 Å². The molecule has 1 unspecified atom stereocenters. The number of rotatable bonds is 5. The third-order valence-electron chi connectivity index (χ3n) is 7.98. The van der Waals surface area contributed by atoms with E-state index in [1.807, 2.05) is 54.4 Å². The van der Waals surface area contributed by atoms with E-state index in [1.165, 1.54) is 24.0 Å². The molecule has 0 bridgehead atoms. The molecule has 2 aromatic carbocycles. The normalized spacial score (nSPS) is 20.0. The molecule has 44 heavy (non-hydrogen) atoms. The molecule has 0 saturated carbocycles. The average molecular weight is 622 g/mol. The molecule has 1 aromatic heterocycles. The van der Waals surface area contributed by atoms with Gasteiger partial charge in [-0.2, -0.15) is 0 Å². The van der Waals surface area contributed by atoms with Crippen LogP contribution in [0.1, 0.15) is 53.0 Å². The van der Waals surface area contributed by atoms with Gasteiger partial charge in [0.05, 0.1) is 13.2 Å². The molecule has 0 radical (unpaired) electrons. The molecule has 0 aliphatic carbocycles. The third kappa shape index (κ3) is 5.12. The van der Waals surface area contributed by atoms with Gasteiger partial charge in [0.1, 0.15) is 6.17 Å². The molecule has 3 aromatic rings. The molecular weight excluding hydrogens is 592 g/mol. The number of benzene rings is 2. The second-order valence-electron chi connectivity index (χ2n) is 10.4. The Morgan fingerprint density at radius 3 is 2.73 bits per heavy atom. The summed E-state index contributed by atoms with van der Waals surface area (Å²) in [5.74, 6) is -2.40. The lowest BCUT2D eigenvalue weighted by Crippen LogP contribution is -2.64. The average Bonchev–Trinajstić information content (AvgIpc) is 3.20. The quantitative estimate of drug-likeness (QED) is 0.267. The molecule has 0 spiro atoms. The summed E-state index contributed by atoms with van der Waals surface area (Å²) in [5, 5.41) is 1.94. The lowest BCUT2D eigenvalue weighted by molar-refractivity contribution is 0.0128. The van der Waals surface area contributed by atoms with Crippen LogP contribution in [0.3, 0.4) is 0 Å². The summed E-state index contributed by atoms with van der Waals surface area (Å²) in [5.41, 5.74) is 2.06. The summed E-state index contributed by atoms with van der Waals surface area (Å²) in [6, 6.07) is 10.9. The SMILES string of the molecule is C/C=C\C=C1\CCN2C(=O)c3c(OCOC(=O)OC)c(=O)ccn3N(C3c4ccccc4SCc4c3ccc(F)c4F)[C@@H]2C1. The molecule has 0 N–H and O–H groups in total. The molecule has 228 valence electrons. The summed E-state index contributed by atoms with van der Waals surface area (Å²) in [7, 11) is 1.13. The monoisotopic (exact) mass is 621 g/mol. The molecule has 4 heterocycles. The first-order valence-corrected chi connectivity index (χ1v) is 15.0. The fourth-order valence-corrected chi connectivity index (χ4v) is 7.09. The van der Waals surface area contributed by atoms with Crippen LogP contribution >= 0.6 is 11.8 Å². The maximum Gasteiger partial charge on any atom is 0.510 e. The Balaban J connectivity index is 1.59. The number of hydrogen-bond acceptors (Lipinski definition) is 8. The van der Waals surface area contributed by atoms with Crippen LogP contribution in [0.25, 0.3) is 0 Å². The highest BCUT2D eigenvalue weighted by Gasteiger charge is 2.46. The van der Waals surface area contributed by atoms with Gasteiger partial charge in [-0.3, -0.25) is 19.3 Å². The van der Waals surface area contributed by atoms with Gasteiger partial charge in [0.15, 0.2) is 17.3 Å². The van der Waals surface area contributed by atoms with Gasteiger partial charge in [0.2, 0.25) is 18.0 Å². The number of carbonyl (C=O) groups is 2. The number of halogens is 2. The smallest absolute Gasteiger partial charge is 0.451 e. The zero-order valence-electron chi connectivity index (χ0n) is 24.0. The maximum absolute atomic E-state index is 15.5. The number of hydrogen-bond donors (Lipinski definition) is 0. The van der Waals surface area contributed by atoms with Crippen molar-refractivity contribution in [1.29, 1.82) is 0 Å². The summed E-state index contributed by atoms with van der Waals surface area (Å²) >= 11 is 1.41. The predicted octanol–water partition coefficient (Wildman–Crippen LogP) is 5.66. The van der Waals surface area contributed by atoms with Crippen LogP contribution in [0.15, 0.2) is 82.2 Å². The van der Waals surface area contributed by atoms with E-state index in [0.717, 1.165) is 29.2 Å². The first-order valence-electron chi connectivity index (χ1n) is 14.0. The van der Waals surface area contributed by atoms with Crippen LogP contribution < -0.4 is 15.2 Å². The number of carbonyl (C=O) groups excluding carboxylic acids is 2. The second kappa shape index (κ2) is 12.2. The minimum absolute atomic E-state index is 0.0679. The van der Waals surface area contributed by atoms with Gasteiger partial charge in [-0.1, -0.05) is 48.1 Å². The molecule has 1 fully saturated rings. The summed E-state index contributed by atoms with van der Waals surface area (Å²) in [6.45, 7) is 1.60. The molecular formula is C32H29F2N3O6S. The summed E-state index contributed by atoms with van der Waals surface area (Å²) < 4.78 is 46.6. The van der Waals surface area contributed by atoms with Crippen LogP contribution in [0.2, 0.25) is 0 Å². The van der Waals surface area contributed by atoms with E-state index >= 15 is 4.39 Å². The van der Waals surface area contributed by atoms with E-state index in [0.29, 0.717) is 24.9 Å². The van der Waals surface area contributed by atoms with E-state index in [4.69, 9.17) is 9.47 Å². The number of nitrogens with zero attached hydrogens (tertiary/aromatic N) is 3. The van der Waals surface area contributed by atoms with E-state index in [1.54, 1.807) is 15.6 Å². The minimum Gasteiger partial charge on any atom is -0.451 e. The van der Waals surface area contributed by atoms with Crippen molar-refractivity contribution in [1.82, 2.24) is 9.58 Å². The number of thioether (sulfide) groups is 1. The van der Waals surface area contributed by atoms with Gasteiger partial charge in [-0.15, -0.1) is 11.8 Å². The van der Waals surface area contributed by atoms with Crippen molar-refractivity contribution < 1.29 is 32.6 Å². The maximum atomic E-state index is 15.5. The summed E-state index contributed by atoms with van der Waals surface area (Å²) in [6.07, 6.45) is 6.89. The van der Waals surface area contributed by atoms with E-state index < -0.39 is 48.1 Å². The van der Waals surface area contributed by atoms with E-state index in [-0.39, 0.29) is 22.8 Å². The fraction of sp³-hybridized carbons (Fsp3) is 0.281. The van der Waals surface area contributed by atoms with Gasteiger partial charge in [0, 0.05) is 41.4 Å². The highest BCUT2D eigenvalue weighted by atomic mass is 32.2. The van der Waals surface area contributed by atoms with Crippen LogP contribution in [-0.4, -0.2) is 48.3 Å². The summed E-state index contributed by atoms with van der Waals surface area (Å²) in [4.78, 5) is 41.4. The third-order valence-corrected chi connectivity index (χ3v) is 9.09. The lowest BCUT2D eigenvalue weighted by atomic mass is 9.91. The number of amides is 1. The Hall–Kier alpha value is -4.58. The highest BCUT2D eigenvalue weighted by molar-refractivity contribution is 7.98. The van der Waals surface area contributed by atoms with Gasteiger partial charge >= 0.3 is 6.16 Å². The van der Waals surface area contributed by atoms with Crippen molar-refractivity contribution in [2.24, 2.45) is 0 Å². The standard InChI is InChI=1S/C32H29F2N3O6S/c1-3-4-7-19-12-14-35-26(16-19)37(36-15-13-24(38)30(29(36)31(35)39)42-18-43-32(40)41-2)28-20-10-11-23(33)27(34)22(20)17-44-25-9-6-5-8-21(25)28/h3-11,13,15,26,28H,12,14,16-18H2,1-2H3/b4-3-,19-7-/t26-,28?/m1/s1. The topological polar surface area (TPSA) is 90.3 Å². The van der Waals surface area contributed by atoms with Crippen molar-refractivity contribution in [2.75, 3.05) is 25.5 Å². The lowest BCUT2D eigenvalue weighted by Gasteiger charge is -2.52. The second-order valence-corrected chi connectivity index (χ2v) is 11.4. The van der Waals surface area contributed by atoms with Gasteiger partial charge in [-0.05, 0) is 36.6 Å². The van der Waals surface area contributed by atoms with Crippen molar-refractivity contribution in [3.8, 4) is 5.75 Å². The molecule has 1 saturated heterocycles. The number of ether oxygens (including phenoxy) is 3. The zero-order chi connectivity index (χ0) is 31.0. The van der Waals surface area contributed by atoms with Crippen LogP contribution in [0.5, 0.6) is 5.75 Å². The van der Waals surface area contributed by atoms with Crippen molar-refractivity contribution in [3.05, 3.63) is 117 Å². The fourth-order valence-electron chi connectivity index (χ4n) is 5.98. The Morgan fingerprint density at radius 1 is 1.11 bits per heavy atom. The first-order chi connectivity index (χ1) is 21.3. The zero-order valence-corrected chi connectivity index (χ0v) is 24.8.